The minimum Gasteiger partial charge on any atom is -0.395 e. The van der Waals surface area contributed by atoms with Gasteiger partial charge in [-0.25, -0.2) is 0 Å². The van der Waals surface area contributed by atoms with Crippen LogP contribution in [0.4, 0.5) is 11.4 Å². The Morgan fingerprint density at radius 2 is 1.75 bits per heavy atom. The van der Waals surface area contributed by atoms with Crippen LogP contribution in [-0.2, 0) is 0 Å². The molecule has 0 amide bonds. The summed E-state index contributed by atoms with van der Waals surface area (Å²) in [6.45, 7) is 2.54. The molecule has 0 unspecified atom stereocenters. The quantitative estimate of drug-likeness (QED) is 0.846. The van der Waals surface area contributed by atoms with E-state index in [1.807, 2.05) is 66.4 Å². The molecule has 2 aromatic rings. The van der Waals surface area contributed by atoms with Gasteiger partial charge in [-0.3, -0.25) is 0 Å². The number of hydrogen-bond acceptors (Lipinski definition) is 2. The van der Waals surface area contributed by atoms with Gasteiger partial charge in [0.15, 0.2) is 5.11 Å². The predicted octanol–water partition coefficient (Wildman–Crippen LogP) is 3.19. The van der Waals surface area contributed by atoms with E-state index in [9.17, 15) is 5.11 Å². The number of nitrogens with zero attached hydrogens (tertiary/aromatic N) is 1. The lowest BCUT2D eigenvalue weighted by Crippen LogP contribution is -2.37. The van der Waals surface area contributed by atoms with Gasteiger partial charge in [0.05, 0.1) is 6.61 Å². The Hall–Kier alpha value is -1.91. The average Bonchev–Trinajstić information content (AvgIpc) is 2.47. The van der Waals surface area contributed by atoms with Gasteiger partial charge in [0.2, 0.25) is 0 Å². The molecule has 2 aromatic carbocycles. The van der Waals surface area contributed by atoms with E-state index in [0.717, 1.165) is 16.9 Å². The standard InChI is InChI=1S/C16H18N2OS/c1-13-7-5-6-10-15(13)18(11-12-19)16(20)17-14-8-3-2-4-9-14/h2-10,19H,11-12H2,1H3,(H,17,20). The van der Waals surface area contributed by atoms with Gasteiger partial charge in [-0.05, 0) is 42.9 Å². The summed E-state index contributed by atoms with van der Waals surface area (Å²) in [6.07, 6.45) is 0. The average molecular weight is 286 g/mol. The Labute approximate surface area is 124 Å². The minimum absolute atomic E-state index is 0.0466. The van der Waals surface area contributed by atoms with Crippen LogP contribution < -0.4 is 10.2 Å². The number of thiocarbonyl (C=S) groups is 1. The summed E-state index contributed by atoms with van der Waals surface area (Å²) < 4.78 is 0. The fraction of sp³-hybridized carbons (Fsp3) is 0.188. The van der Waals surface area contributed by atoms with E-state index in [1.165, 1.54) is 0 Å². The third-order valence-electron chi connectivity index (χ3n) is 3.00. The van der Waals surface area contributed by atoms with Gasteiger partial charge in [-0.1, -0.05) is 36.4 Å². The Kier molecular flexibility index (Phi) is 5.09. The molecule has 0 spiro atoms. The molecular formula is C16H18N2OS. The SMILES string of the molecule is Cc1ccccc1N(CCO)C(=S)Nc1ccccc1. The first kappa shape index (κ1) is 14.5. The second-order valence-corrected chi connectivity index (χ2v) is 4.84. The molecule has 0 saturated carbocycles. The van der Waals surface area contributed by atoms with Crippen molar-refractivity contribution in [3.05, 3.63) is 60.2 Å². The molecular weight excluding hydrogens is 268 g/mol. The van der Waals surface area contributed by atoms with Crippen LogP contribution >= 0.6 is 12.2 Å². The predicted molar refractivity (Wildman–Crippen MR) is 88.3 cm³/mol. The minimum atomic E-state index is 0.0466. The van der Waals surface area contributed by atoms with E-state index >= 15 is 0 Å². The van der Waals surface area contributed by atoms with Crippen LogP contribution in [0.2, 0.25) is 0 Å². The highest BCUT2D eigenvalue weighted by molar-refractivity contribution is 7.80. The van der Waals surface area contributed by atoms with Crippen molar-refractivity contribution >= 4 is 28.7 Å². The number of aliphatic hydroxyl groups is 1. The van der Waals surface area contributed by atoms with Crippen LogP contribution in [0, 0.1) is 6.92 Å². The number of benzene rings is 2. The molecule has 2 rings (SSSR count). The molecule has 20 heavy (non-hydrogen) atoms. The monoisotopic (exact) mass is 286 g/mol. The normalized spacial score (nSPS) is 10.1. The van der Waals surface area contributed by atoms with Gasteiger partial charge in [0, 0.05) is 17.9 Å². The Bertz CT molecular complexity index is 572. The molecule has 0 aliphatic heterocycles. The molecule has 0 bridgehead atoms. The van der Waals surface area contributed by atoms with E-state index in [0.29, 0.717) is 11.7 Å². The van der Waals surface area contributed by atoms with Crippen molar-refractivity contribution in [2.75, 3.05) is 23.4 Å². The van der Waals surface area contributed by atoms with Gasteiger partial charge in [-0.2, -0.15) is 0 Å². The largest absolute Gasteiger partial charge is 0.395 e. The fourth-order valence-electron chi connectivity index (χ4n) is 2.01. The van der Waals surface area contributed by atoms with Crippen molar-refractivity contribution in [3.63, 3.8) is 0 Å². The zero-order chi connectivity index (χ0) is 14.4. The van der Waals surface area contributed by atoms with Gasteiger partial charge >= 0.3 is 0 Å². The number of nitrogens with one attached hydrogen (secondary N) is 1. The molecule has 3 nitrogen and oxygen atoms in total. The first-order valence-electron chi connectivity index (χ1n) is 6.52. The molecule has 0 fully saturated rings. The van der Waals surface area contributed by atoms with Crippen LogP contribution in [0.15, 0.2) is 54.6 Å². The molecule has 0 aliphatic rings. The first-order chi connectivity index (χ1) is 9.72. The second kappa shape index (κ2) is 7.03. The number of aryl methyl sites for hydroxylation is 1. The van der Waals surface area contributed by atoms with Crippen LogP contribution in [-0.4, -0.2) is 23.4 Å². The third kappa shape index (κ3) is 3.56. The molecule has 0 aromatic heterocycles. The number of hydrogen-bond donors (Lipinski definition) is 2. The van der Waals surface area contributed by atoms with Crippen LogP contribution in [0.3, 0.4) is 0 Å². The number of aliphatic hydroxyl groups excluding tert-OH is 1. The first-order valence-corrected chi connectivity index (χ1v) is 6.93. The lowest BCUT2D eigenvalue weighted by Gasteiger charge is -2.26. The Morgan fingerprint density at radius 3 is 2.40 bits per heavy atom. The van der Waals surface area contributed by atoms with Crippen molar-refractivity contribution in [1.29, 1.82) is 0 Å². The van der Waals surface area contributed by atoms with Gasteiger partial charge < -0.3 is 15.3 Å². The molecule has 2 N–H and O–H groups in total. The molecule has 0 radical (unpaired) electrons. The summed E-state index contributed by atoms with van der Waals surface area (Å²) in [5, 5.41) is 13.1. The van der Waals surface area contributed by atoms with Gasteiger partial charge in [-0.15, -0.1) is 0 Å². The lowest BCUT2D eigenvalue weighted by atomic mass is 10.2. The van der Waals surface area contributed by atoms with E-state index in [1.54, 1.807) is 0 Å². The molecule has 0 aliphatic carbocycles. The Morgan fingerprint density at radius 1 is 1.10 bits per heavy atom. The maximum atomic E-state index is 9.27. The summed E-state index contributed by atoms with van der Waals surface area (Å²) in [7, 11) is 0. The summed E-state index contributed by atoms with van der Waals surface area (Å²) >= 11 is 5.47. The number of anilines is 2. The highest BCUT2D eigenvalue weighted by Crippen LogP contribution is 2.20. The molecule has 4 heteroatoms. The third-order valence-corrected chi connectivity index (χ3v) is 3.32. The fourth-order valence-corrected chi connectivity index (χ4v) is 2.32. The van der Waals surface area contributed by atoms with E-state index < -0.39 is 0 Å². The van der Waals surface area contributed by atoms with E-state index in [-0.39, 0.29) is 6.61 Å². The topological polar surface area (TPSA) is 35.5 Å². The molecule has 0 atom stereocenters. The summed E-state index contributed by atoms with van der Waals surface area (Å²) in [4.78, 5) is 1.91. The zero-order valence-electron chi connectivity index (χ0n) is 11.4. The highest BCUT2D eigenvalue weighted by atomic mass is 32.1. The lowest BCUT2D eigenvalue weighted by molar-refractivity contribution is 0.306. The molecule has 0 saturated heterocycles. The Balaban J connectivity index is 2.20. The van der Waals surface area contributed by atoms with Crippen molar-refractivity contribution in [2.45, 2.75) is 6.92 Å². The summed E-state index contributed by atoms with van der Waals surface area (Å²) in [5.41, 5.74) is 3.07. The molecule has 0 heterocycles. The van der Waals surface area contributed by atoms with Gasteiger partial charge in [0.25, 0.3) is 0 Å². The van der Waals surface area contributed by atoms with Crippen molar-refractivity contribution in [3.8, 4) is 0 Å². The maximum Gasteiger partial charge on any atom is 0.178 e. The summed E-state index contributed by atoms with van der Waals surface area (Å²) in [6, 6.07) is 17.8. The zero-order valence-corrected chi connectivity index (χ0v) is 12.2. The van der Waals surface area contributed by atoms with E-state index in [2.05, 4.69) is 5.32 Å². The maximum absolute atomic E-state index is 9.27. The van der Waals surface area contributed by atoms with Gasteiger partial charge in [0.1, 0.15) is 0 Å². The smallest absolute Gasteiger partial charge is 0.178 e. The van der Waals surface area contributed by atoms with Crippen molar-refractivity contribution in [2.24, 2.45) is 0 Å². The van der Waals surface area contributed by atoms with Crippen LogP contribution in [0.1, 0.15) is 5.56 Å². The number of rotatable bonds is 4. The highest BCUT2D eigenvalue weighted by Gasteiger charge is 2.13. The van der Waals surface area contributed by atoms with Crippen molar-refractivity contribution < 1.29 is 5.11 Å². The van der Waals surface area contributed by atoms with Crippen molar-refractivity contribution in [1.82, 2.24) is 0 Å². The second-order valence-electron chi connectivity index (χ2n) is 4.46. The number of para-hydroxylation sites is 2. The molecule has 104 valence electrons. The van der Waals surface area contributed by atoms with Crippen LogP contribution in [0.5, 0.6) is 0 Å². The van der Waals surface area contributed by atoms with E-state index in [4.69, 9.17) is 12.2 Å². The van der Waals surface area contributed by atoms with Crippen LogP contribution in [0.25, 0.3) is 0 Å². The summed E-state index contributed by atoms with van der Waals surface area (Å²) in [5.74, 6) is 0.